The predicted molar refractivity (Wildman–Crippen MR) is 77.7 cm³/mol. The summed E-state index contributed by atoms with van der Waals surface area (Å²) >= 11 is 3.35. The van der Waals surface area contributed by atoms with E-state index in [2.05, 4.69) is 30.8 Å². The zero-order valence-corrected chi connectivity index (χ0v) is 13.0. The second-order valence-electron chi connectivity index (χ2n) is 4.14. The van der Waals surface area contributed by atoms with E-state index in [0.29, 0.717) is 12.2 Å². The van der Waals surface area contributed by atoms with Crippen LogP contribution >= 0.6 is 15.9 Å². The zero-order valence-electron chi connectivity index (χ0n) is 10.6. The Hall–Kier alpha value is -1.34. The molecule has 0 saturated carbocycles. The van der Waals surface area contributed by atoms with Crippen molar-refractivity contribution in [3.8, 4) is 0 Å². The Labute approximate surface area is 120 Å². The number of aromatic nitrogens is 2. The highest BCUT2D eigenvalue weighted by molar-refractivity contribution is 9.10. The number of rotatable bonds is 4. The molecule has 0 saturated heterocycles. The second-order valence-corrected chi connectivity index (χ2v) is 6.68. The van der Waals surface area contributed by atoms with Gasteiger partial charge in [-0.1, -0.05) is 22.9 Å². The number of nitrogens with one attached hydrogen (secondary N) is 2. The molecule has 0 aliphatic carbocycles. The van der Waals surface area contributed by atoms with Crippen LogP contribution in [0.15, 0.2) is 33.8 Å². The minimum Gasteiger partial charge on any atom is -0.264 e. The van der Waals surface area contributed by atoms with Crippen LogP contribution < -0.4 is 4.72 Å². The lowest BCUT2D eigenvalue weighted by atomic mass is 10.2. The molecule has 0 amide bonds. The Morgan fingerprint density at radius 3 is 2.79 bits per heavy atom. The van der Waals surface area contributed by atoms with Crippen LogP contribution in [0.25, 0.3) is 0 Å². The van der Waals surface area contributed by atoms with Crippen LogP contribution in [0.3, 0.4) is 0 Å². The van der Waals surface area contributed by atoms with Gasteiger partial charge >= 0.3 is 0 Å². The van der Waals surface area contributed by atoms with Crippen molar-refractivity contribution in [3.63, 3.8) is 0 Å². The summed E-state index contributed by atoms with van der Waals surface area (Å²) in [6.45, 7) is 3.78. The molecule has 0 radical (unpaired) electrons. The van der Waals surface area contributed by atoms with Gasteiger partial charge in [-0.25, -0.2) is 8.42 Å². The van der Waals surface area contributed by atoms with E-state index in [1.165, 1.54) is 0 Å². The molecule has 0 unspecified atom stereocenters. The first-order valence-corrected chi connectivity index (χ1v) is 8.03. The predicted octanol–water partition coefficient (Wildman–Crippen LogP) is 2.84. The summed E-state index contributed by atoms with van der Waals surface area (Å²) in [6, 6.07) is 4.90. The molecule has 1 heterocycles. The summed E-state index contributed by atoms with van der Waals surface area (Å²) in [5.74, 6) is 0.420. The molecule has 0 spiro atoms. The highest BCUT2D eigenvalue weighted by Crippen LogP contribution is 2.22. The standard InChI is InChI=1S/C12H14BrN3O2S/c1-3-9-7-14-15-12(9)16-19(17,18)10-4-5-11(13)8(2)6-10/h4-7H,3H2,1-2H3,(H2,14,15,16). The summed E-state index contributed by atoms with van der Waals surface area (Å²) in [5, 5.41) is 6.50. The van der Waals surface area contributed by atoms with Gasteiger partial charge in [0.2, 0.25) is 0 Å². The number of hydrogen-bond acceptors (Lipinski definition) is 3. The van der Waals surface area contributed by atoms with E-state index < -0.39 is 10.0 Å². The maximum absolute atomic E-state index is 12.3. The summed E-state index contributed by atoms with van der Waals surface area (Å²) in [4.78, 5) is 0.227. The van der Waals surface area contributed by atoms with E-state index in [1.807, 2.05) is 13.8 Å². The van der Waals surface area contributed by atoms with Crippen LogP contribution in [0.1, 0.15) is 18.1 Å². The Kier molecular flexibility index (Phi) is 3.96. The third-order valence-corrected chi connectivity index (χ3v) is 5.01. The van der Waals surface area contributed by atoms with Crippen molar-refractivity contribution < 1.29 is 8.42 Å². The Bertz CT molecular complexity index is 695. The monoisotopic (exact) mass is 343 g/mol. The number of sulfonamides is 1. The van der Waals surface area contributed by atoms with Crippen molar-refractivity contribution in [1.82, 2.24) is 10.2 Å². The van der Waals surface area contributed by atoms with E-state index in [1.54, 1.807) is 24.4 Å². The van der Waals surface area contributed by atoms with Crippen LogP contribution in [-0.2, 0) is 16.4 Å². The van der Waals surface area contributed by atoms with Gasteiger partial charge < -0.3 is 0 Å². The SMILES string of the molecule is CCc1cn[nH]c1NS(=O)(=O)c1ccc(Br)c(C)c1. The quantitative estimate of drug-likeness (QED) is 0.896. The zero-order chi connectivity index (χ0) is 14.0. The number of aromatic amines is 1. The number of hydrogen-bond donors (Lipinski definition) is 2. The van der Waals surface area contributed by atoms with Crippen molar-refractivity contribution in [2.45, 2.75) is 25.2 Å². The average molecular weight is 344 g/mol. The van der Waals surface area contributed by atoms with Gasteiger partial charge in [0, 0.05) is 10.0 Å². The molecule has 0 atom stereocenters. The van der Waals surface area contributed by atoms with Gasteiger partial charge in [-0.15, -0.1) is 0 Å². The van der Waals surface area contributed by atoms with Gasteiger partial charge in [0.25, 0.3) is 10.0 Å². The van der Waals surface area contributed by atoms with Crippen molar-refractivity contribution >= 4 is 31.8 Å². The molecule has 5 nitrogen and oxygen atoms in total. The van der Waals surface area contributed by atoms with Gasteiger partial charge in [-0.05, 0) is 37.1 Å². The largest absolute Gasteiger partial charge is 0.264 e. The van der Waals surface area contributed by atoms with Gasteiger partial charge in [0.05, 0.1) is 11.1 Å². The second kappa shape index (κ2) is 5.34. The van der Waals surface area contributed by atoms with Crippen LogP contribution in [0.2, 0.25) is 0 Å². The first-order chi connectivity index (χ1) is 8.94. The smallest absolute Gasteiger partial charge is 0.263 e. The van der Waals surface area contributed by atoms with Crippen LogP contribution in [0.4, 0.5) is 5.82 Å². The molecule has 0 aliphatic rings. The first-order valence-electron chi connectivity index (χ1n) is 5.75. The molecule has 1 aromatic heterocycles. The molecule has 7 heteroatoms. The van der Waals surface area contributed by atoms with Crippen molar-refractivity contribution in [1.29, 1.82) is 0 Å². The van der Waals surface area contributed by atoms with Gasteiger partial charge in [0.1, 0.15) is 5.82 Å². The first kappa shape index (κ1) is 14.1. The third-order valence-electron chi connectivity index (χ3n) is 2.77. The van der Waals surface area contributed by atoms with Crippen molar-refractivity contribution in [2.24, 2.45) is 0 Å². The van der Waals surface area contributed by atoms with E-state index >= 15 is 0 Å². The highest BCUT2D eigenvalue weighted by atomic mass is 79.9. The van der Waals surface area contributed by atoms with Crippen LogP contribution in [0.5, 0.6) is 0 Å². The highest BCUT2D eigenvalue weighted by Gasteiger charge is 2.17. The topological polar surface area (TPSA) is 74.8 Å². The van der Waals surface area contributed by atoms with Crippen molar-refractivity contribution in [2.75, 3.05) is 4.72 Å². The molecule has 2 N–H and O–H groups in total. The minimum absolute atomic E-state index is 0.227. The summed E-state index contributed by atoms with van der Waals surface area (Å²) < 4.78 is 27.9. The molecule has 0 bridgehead atoms. The summed E-state index contributed by atoms with van der Waals surface area (Å²) in [6.07, 6.45) is 2.32. The number of halogens is 1. The fourth-order valence-electron chi connectivity index (χ4n) is 1.65. The molecular formula is C12H14BrN3O2S. The summed E-state index contributed by atoms with van der Waals surface area (Å²) in [7, 11) is -3.60. The number of nitrogens with zero attached hydrogens (tertiary/aromatic N) is 1. The average Bonchev–Trinajstić information content (AvgIpc) is 2.79. The van der Waals surface area contributed by atoms with E-state index in [-0.39, 0.29) is 4.90 Å². The van der Waals surface area contributed by atoms with Gasteiger partial charge in [0.15, 0.2) is 0 Å². The number of anilines is 1. The number of benzene rings is 1. The van der Waals surface area contributed by atoms with Crippen molar-refractivity contribution in [3.05, 3.63) is 40.0 Å². The van der Waals surface area contributed by atoms with Crippen LogP contribution in [-0.4, -0.2) is 18.6 Å². The van der Waals surface area contributed by atoms with Crippen LogP contribution in [0, 0.1) is 6.92 Å². The number of H-pyrrole nitrogens is 1. The summed E-state index contributed by atoms with van der Waals surface area (Å²) in [5.41, 5.74) is 1.70. The normalized spacial score (nSPS) is 11.5. The fourth-order valence-corrected chi connectivity index (χ4v) is 3.03. The van der Waals surface area contributed by atoms with Gasteiger partial charge in [-0.3, -0.25) is 9.82 Å². The Morgan fingerprint density at radius 1 is 1.42 bits per heavy atom. The molecule has 102 valence electrons. The van der Waals surface area contributed by atoms with E-state index in [4.69, 9.17) is 0 Å². The maximum Gasteiger partial charge on any atom is 0.263 e. The molecule has 1 aromatic carbocycles. The van der Waals surface area contributed by atoms with E-state index in [0.717, 1.165) is 15.6 Å². The Balaban J connectivity index is 2.35. The van der Waals surface area contributed by atoms with E-state index in [9.17, 15) is 8.42 Å². The molecule has 19 heavy (non-hydrogen) atoms. The lowest BCUT2D eigenvalue weighted by molar-refractivity contribution is 0.601. The molecular weight excluding hydrogens is 330 g/mol. The minimum atomic E-state index is -3.60. The Morgan fingerprint density at radius 2 is 2.16 bits per heavy atom. The van der Waals surface area contributed by atoms with Gasteiger partial charge in [-0.2, -0.15) is 5.10 Å². The lowest BCUT2D eigenvalue weighted by Gasteiger charge is -2.09. The molecule has 0 aliphatic heterocycles. The maximum atomic E-state index is 12.3. The molecule has 2 aromatic rings. The fraction of sp³-hybridized carbons (Fsp3) is 0.250. The molecule has 2 rings (SSSR count). The number of aryl methyl sites for hydroxylation is 2. The lowest BCUT2D eigenvalue weighted by Crippen LogP contribution is -2.14. The third kappa shape index (κ3) is 2.98. The molecule has 0 fully saturated rings.